The van der Waals surface area contributed by atoms with E-state index >= 15 is 0 Å². The van der Waals surface area contributed by atoms with Crippen LogP contribution in [0.2, 0.25) is 0 Å². The Morgan fingerprint density at radius 1 is 1.03 bits per heavy atom. The minimum Gasteiger partial charge on any atom is -0.493 e. The molecule has 152 valence electrons. The molecular formula is C21H22N2O5S. The summed E-state index contributed by atoms with van der Waals surface area (Å²) in [6.07, 6.45) is 0. The SMILES string of the molecule is COC(=O)Cn1c(=NC(=O)c2ccc(C)cc2C)sc2cc(OC)c(OC)cc21. The molecule has 0 saturated heterocycles. The molecule has 2 aromatic carbocycles. The number of amides is 1. The van der Waals surface area contributed by atoms with Crippen molar-refractivity contribution >= 4 is 33.4 Å². The normalized spacial score (nSPS) is 11.6. The number of esters is 1. The van der Waals surface area contributed by atoms with Gasteiger partial charge in [0.1, 0.15) is 6.54 Å². The van der Waals surface area contributed by atoms with Crippen LogP contribution in [0, 0.1) is 13.8 Å². The minimum absolute atomic E-state index is 0.0784. The van der Waals surface area contributed by atoms with Crippen molar-refractivity contribution in [3.63, 3.8) is 0 Å². The molecule has 0 atom stereocenters. The van der Waals surface area contributed by atoms with E-state index in [2.05, 4.69) is 4.99 Å². The molecule has 7 nitrogen and oxygen atoms in total. The first kappa shape index (κ1) is 20.6. The monoisotopic (exact) mass is 414 g/mol. The first-order valence-corrected chi connectivity index (χ1v) is 9.68. The number of methoxy groups -OCH3 is 3. The van der Waals surface area contributed by atoms with Crippen molar-refractivity contribution in [3.05, 3.63) is 51.8 Å². The van der Waals surface area contributed by atoms with E-state index in [1.807, 2.05) is 26.0 Å². The topological polar surface area (TPSA) is 79.1 Å². The third-order valence-corrected chi connectivity index (χ3v) is 5.55. The Hall–Kier alpha value is -3.13. The van der Waals surface area contributed by atoms with Crippen LogP contribution in [0.3, 0.4) is 0 Å². The van der Waals surface area contributed by atoms with Gasteiger partial charge in [0.25, 0.3) is 5.91 Å². The van der Waals surface area contributed by atoms with E-state index in [-0.39, 0.29) is 12.5 Å². The summed E-state index contributed by atoms with van der Waals surface area (Å²) in [4.78, 5) is 29.5. The summed E-state index contributed by atoms with van der Waals surface area (Å²) >= 11 is 1.29. The Balaban J connectivity index is 2.21. The van der Waals surface area contributed by atoms with Gasteiger partial charge in [-0.1, -0.05) is 29.0 Å². The van der Waals surface area contributed by atoms with Gasteiger partial charge >= 0.3 is 5.97 Å². The fraction of sp³-hybridized carbons (Fsp3) is 0.286. The average Bonchev–Trinajstić information content (AvgIpc) is 3.02. The molecule has 0 aliphatic carbocycles. The zero-order valence-corrected chi connectivity index (χ0v) is 17.8. The average molecular weight is 414 g/mol. The lowest BCUT2D eigenvalue weighted by Gasteiger charge is -2.09. The number of hydrogen-bond donors (Lipinski definition) is 0. The van der Waals surface area contributed by atoms with Gasteiger partial charge in [0.05, 0.1) is 31.5 Å². The lowest BCUT2D eigenvalue weighted by molar-refractivity contribution is -0.141. The third-order valence-electron chi connectivity index (χ3n) is 4.51. The fourth-order valence-electron chi connectivity index (χ4n) is 3.03. The van der Waals surface area contributed by atoms with Gasteiger partial charge in [-0.3, -0.25) is 9.59 Å². The van der Waals surface area contributed by atoms with Gasteiger partial charge in [0.2, 0.25) is 0 Å². The van der Waals surface area contributed by atoms with Gasteiger partial charge in [0, 0.05) is 17.7 Å². The number of aromatic nitrogens is 1. The highest BCUT2D eigenvalue weighted by atomic mass is 32.1. The summed E-state index contributed by atoms with van der Waals surface area (Å²) in [7, 11) is 4.41. The summed E-state index contributed by atoms with van der Waals surface area (Å²) in [6, 6.07) is 9.13. The second-order valence-corrected chi connectivity index (χ2v) is 7.47. The molecule has 3 aromatic rings. The van der Waals surface area contributed by atoms with E-state index < -0.39 is 5.97 Å². The van der Waals surface area contributed by atoms with Crippen LogP contribution in [0.4, 0.5) is 0 Å². The van der Waals surface area contributed by atoms with E-state index in [0.717, 1.165) is 15.8 Å². The van der Waals surface area contributed by atoms with Crippen LogP contribution in [-0.4, -0.2) is 37.8 Å². The summed E-state index contributed by atoms with van der Waals surface area (Å²) in [6.45, 7) is 3.76. The Morgan fingerprint density at radius 2 is 1.72 bits per heavy atom. The Kier molecular flexibility index (Phi) is 6.03. The Bertz CT molecular complexity index is 1160. The molecule has 0 bridgehead atoms. The number of carbonyl (C=O) groups is 2. The van der Waals surface area contributed by atoms with Crippen LogP contribution >= 0.6 is 11.3 Å². The summed E-state index contributed by atoms with van der Waals surface area (Å²) in [5, 5.41) is 0. The predicted octanol–water partition coefficient (Wildman–Crippen LogP) is 3.25. The predicted molar refractivity (Wildman–Crippen MR) is 111 cm³/mol. The van der Waals surface area contributed by atoms with E-state index in [0.29, 0.717) is 27.4 Å². The molecule has 0 aliphatic heterocycles. The molecule has 1 amide bonds. The van der Waals surface area contributed by atoms with E-state index in [9.17, 15) is 9.59 Å². The van der Waals surface area contributed by atoms with Gasteiger partial charge in [0.15, 0.2) is 16.3 Å². The molecule has 0 unspecified atom stereocenters. The molecule has 1 heterocycles. The number of thiazole rings is 1. The highest BCUT2D eigenvalue weighted by Gasteiger charge is 2.16. The maximum atomic E-state index is 12.8. The summed E-state index contributed by atoms with van der Waals surface area (Å²) in [5.41, 5.74) is 3.14. The van der Waals surface area contributed by atoms with Crippen LogP contribution in [0.15, 0.2) is 35.3 Å². The fourth-order valence-corrected chi connectivity index (χ4v) is 4.07. The van der Waals surface area contributed by atoms with Gasteiger partial charge in [-0.15, -0.1) is 0 Å². The standard InChI is InChI=1S/C21H22N2O5S/c1-12-6-7-14(13(2)8-12)20(25)22-21-23(11-19(24)28-5)15-9-16(26-3)17(27-4)10-18(15)29-21/h6-10H,11H2,1-5H3. The van der Waals surface area contributed by atoms with Crippen LogP contribution in [0.25, 0.3) is 10.2 Å². The van der Waals surface area contributed by atoms with Crippen molar-refractivity contribution in [1.29, 1.82) is 0 Å². The second-order valence-electron chi connectivity index (χ2n) is 6.46. The third kappa shape index (κ3) is 4.17. The van der Waals surface area contributed by atoms with Crippen LogP contribution < -0.4 is 14.3 Å². The van der Waals surface area contributed by atoms with Crippen molar-refractivity contribution in [3.8, 4) is 11.5 Å². The Morgan fingerprint density at radius 3 is 2.34 bits per heavy atom. The number of benzene rings is 2. The molecule has 0 aliphatic rings. The molecule has 29 heavy (non-hydrogen) atoms. The zero-order chi connectivity index (χ0) is 21.1. The number of carbonyl (C=O) groups excluding carboxylic acids is 2. The van der Waals surface area contributed by atoms with Crippen LogP contribution in [0.5, 0.6) is 11.5 Å². The lowest BCUT2D eigenvalue weighted by Crippen LogP contribution is -2.22. The molecule has 3 rings (SSSR count). The van der Waals surface area contributed by atoms with Gasteiger partial charge < -0.3 is 18.8 Å². The number of fused-ring (bicyclic) bond motifs is 1. The molecule has 0 spiro atoms. The van der Waals surface area contributed by atoms with Crippen LogP contribution in [-0.2, 0) is 16.1 Å². The van der Waals surface area contributed by atoms with Crippen LogP contribution in [0.1, 0.15) is 21.5 Å². The van der Waals surface area contributed by atoms with Gasteiger partial charge in [-0.25, -0.2) is 0 Å². The smallest absolute Gasteiger partial charge is 0.325 e. The molecule has 0 fully saturated rings. The number of ether oxygens (including phenoxy) is 3. The van der Waals surface area contributed by atoms with E-state index in [1.165, 1.54) is 25.6 Å². The van der Waals surface area contributed by atoms with E-state index in [1.54, 1.807) is 29.9 Å². The van der Waals surface area contributed by atoms with Crippen molar-refractivity contribution in [1.82, 2.24) is 4.57 Å². The quantitative estimate of drug-likeness (QED) is 0.599. The first-order valence-electron chi connectivity index (χ1n) is 8.86. The molecule has 0 saturated carbocycles. The second kappa shape index (κ2) is 8.48. The Labute approximate surface area is 172 Å². The minimum atomic E-state index is -0.445. The molecule has 0 radical (unpaired) electrons. The largest absolute Gasteiger partial charge is 0.493 e. The first-order chi connectivity index (χ1) is 13.9. The summed E-state index contributed by atoms with van der Waals surface area (Å²) in [5.74, 6) is 0.258. The highest BCUT2D eigenvalue weighted by Crippen LogP contribution is 2.33. The number of aryl methyl sites for hydroxylation is 2. The summed E-state index contributed by atoms with van der Waals surface area (Å²) < 4.78 is 18.0. The zero-order valence-electron chi connectivity index (χ0n) is 16.9. The molecule has 8 heteroatoms. The highest BCUT2D eigenvalue weighted by molar-refractivity contribution is 7.16. The maximum absolute atomic E-state index is 12.8. The van der Waals surface area contributed by atoms with Crippen molar-refractivity contribution in [2.24, 2.45) is 4.99 Å². The van der Waals surface area contributed by atoms with E-state index in [4.69, 9.17) is 14.2 Å². The van der Waals surface area contributed by atoms with Crippen molar-refractivity contribution in [2.45, 2.75) is 20.4 Å². The molecule has 0 N–H and O–H groups in total. The number of hydrogen-bond acceptors (Lipinski definition) is 6. The lowest BCUT2D eigenvalue weighted by atomic mass is 10.1. The number of rotatable bonds is 5. The number of nitrogens with zero attached hydrogens (tertiary/aromatic N) is 2. The maximum Gasteiger partial charge on any atom is 0.325 e. The molecule has 1 aromatic heterocycles. The van der Waals surface area contributed by atoms with Gasteiger partial charge in [-0.2, -0.15) is 4.99 Å². The van der Waals surface area contributed by atoms with Crippen molar-refractivity contribution in [2.75, 3.05) is 21.3 Å². The van der Waals surface area contributed by atoms with Crippen molar-refractivity contribution < 1.29 is 23.8 Å². The molecular weight excluding hydrogens is 392 g/mol. The van der Waals surface area contributed by atoms with Gasteiger partial charge in [-0.05, 0) is 25.5 Å².